The van der Waals surface area contributed by atoms with E-state index in [0.717, 1.165) is 31.6 Å². The minimum atomic E-state index is -0.0334. The number of hydrogen-bond acceptors (Lipinski definition) is 2. The SMILES string of the molecule is CNC(C)(C)C1CCC(O)CC1. The molecule has 72 valence electrons. The first-order chi connectivity index (χ1) is 5.56. The molecule has 2 N–H and O–H groups in total. The fourth-order valence-corrected chi connectivity index (χ4v) is 2.00. The van der Waals surface area contributed by atoms with Crippen LogP contribution in [0.15, 0.2) is 0 Å². The summed E-state index contributed by atoms with van der Waals surface area (Å²) in [4.78, 5) is 0. The van der Waals surface area contributed by atoms with Crippen LogP contribution in [0.5, 0.6) is 0 Å². The van der Waals surface area contributed by atoms with Gasteiger partial charge in [-0.05, 0) is 52.5 Å². The fraction of sp³-hybridized carbons (Fsp3) is 1.00. The molecule has 0 aromatic carbocycles. The second-order valence-corrected chi connectivity index (χ2v) is 4.48. The van der Waals surface area contributed by atoms with Crippen LogP contribution in [-0.2, 0) is 0 Å². The molecular weight excluding hydrogens is 150 g/mol. The first kappa shape index (κ1) is 10.0. The van der Waals surface area contributed by atoms with Gasteiger partial charge in [0.05, 0.1) is 6.10 Å². The third kappa shape index (κ3) is 2.20. The molecule has 1 aliphatic carbocycles. The molecule has 0 amide bonds. The summed E-state index contributed by atoms with van der Waals surface area (Å²) in [5, 5.41) is 12.7. The molecule has 2 nitrogen and oxygen atoms in total. The van der Waals surface area contributed by atoms with Crippen molar-refractivity contribution in [2.45, 2.75) is 51.2 Å². The first-order valence-electron chi connectivity index (χ1n) is 4.93. The van der Waals surface area contributed by atoms with Gasteiger partial charge in [-0.25, -0.2) is 0 Å². The van der Waals surface area contributed by atoms with Crippen molar-refractivity contribution in [3.05, 3.63) is 0 Å². The average molecular weight is 171 g/mol. The fourth-order valence-electron chi connectivity index (χ4n) is 2.00. The van der Waals surface area contributed by atoms with Crippen LogP contribution < -0.4 is 5.32 Å². The van der Waals surface area contributed by atoms with Crippen molar-refractivity contribution >= 4 is 0 Å². The Hall–Kier alpha value is -0.0800. The summed E-state index contributed by atoms with van der Waals surface area (Å²) in [5.74, 6) is 0.728. The van der Waals surface area contributed by atoms with Gasteiger partial charge in [-0.3, -0.25) is 0 Å². The van der Waals surface area contributed by atoms with Gasteiger partial charge in [0, 0.05) is 5.54 Å². The Balaban J connectivity index is 2.44. The van der Waals surface area contributed by atoms with Gasteiger partial charge < -0.3 is 10.4 Å². The molecule has 1 aliphatic rings. The van der Waals surface area contributed by atoms with Crippen molar-refractivity contribution in [1.29, 1.82) is 0 Å². The van der Waals surface area contributed by atoms with Crippen LogP contribution >= 0.6 is 0 Å². The first-order valence-corrected chi connectivity index (χ1v) is 4.93. The van der Waals surface area contributed by atoms with Gasteiger partial charge in [-0.2, -0.15) is 0 Å². The van der Waals surface area contributed by atoms with Gasteiger partial charge >= 0.3 is 0 Å². The molecule has 0 aromatic heterocycles. The summed E-state index contributed by atoms with van der Waals surface area (Å²) in [6.07, 6.45) is 4.25. The van der Waals surface area contributed by atoms with Crippen molar-refractivity contribution in [1.82, 2.24) is 5.32 Å². The summed E-state index contributed by atoms with van der Waals surface area (Å²) in [7, 11) is 2.02. The molecule has 0 atom stereocenters. The Morgan fingerprint density at radius 1 is 1.17 bits per heavy atom. The third-order valence-electron chi connectivity index (χ3n) is 3.36. The maximum atomic E-state index is 9.34. The lowest BCUT2D eigenvalue weighted by Gasteiger charge is -2.38. The summed E-state index contributed by atoms with van der Waals surface area (Å²) in [6, 6.07) is 0. The standard InChI is InChI=1S/C10H21NO/c1-10(2,11-3)8-4-6-9(12)7-5-8/h8-9,11-12H,4-7H2,1-3H3. The molecule has 0 saturated heterocycles. The molecule has 0 heterocycles. The van der Waals surface area contributed by atoms with Crippen molar-refractivity contribution in [3.63, 3.8) is 0 Å². The van der Waals surface area contributed by atoms with Crippen LogP contribution in [0, 0.1) is 5.92 Å². The number of aliphatic hydroxyl groups is 1. The summed E-state index contributed by atoms with van der Waals surface area (Å²) < 4.78 is 0. The van der Waals surface area contributed by atoms with Crippen LogP contribution in [0.25, 0.3) is 0 Å². The molecule has 0 aliphatic heterocycles. The molecule has 2 heteroatoms. The Morgan fingerprint density at radius 2 is 1.67 bits per heavy atom. The van der Waals surface area contributed by atoms with Crippen LogP contribution in [0.2, 0.25) is 0 Å². The van der Waals surface area contributed by atoms with Crippen LogP contribution in [0.4, 0.5) is 0 Å². The largest absolute Gasteiger partial charge is 0.393 e. The Morgan fingerprint density at radius 3 is 2.08 bits per heavy atom. The predicted molar refractivity (Wildman–Crippen MR) is 51.1 cm³/mol. The summed E-state index contributed by atoms with van der Waals surface area (Å²) in [5.41, 5.74) is 0.236. The van der Waals surface area contributed by atoms with Gasteiger partial charge in [0.1, 0.15) is 0 Å². The van der Waals surface area contributed by atoms with Gasteiger partial charge in [-0.1, -0.05) is 0 Å². The van der Waals surface area contributed by atoms with Crippen molar-refractivity contribution in [3.8, 4) is 0 Å². The van der Waals surface area contributed by atoms with E-state index in [9.17, 15) is 5.11 Å². The van der Waals surface area contributed by atoms with Gasteiger partial charge in [0.25, 0.3) is 0 Å². The second-order valence-electron chi connectivity index (χ2n) is 4.48. The van der Waals surface area contributed by atoms with Gasteiger partial charge in [0.15, 0.2) is 0 Å². The van der Waals surface area contributed by atoms with E-state index in [4.69, 9.17) is 0 Å². The topological polar surface area (TPSA) is 32.3 Å². The molecule has 1 fully saturated rings. The van der Waals surface area contributed by atoms with Crippen LogP contribution in [0.3, 0.4) is 0 Å². The quantitative estimate of drug-likeness (QED) is 0.660. The van der Waals surface area contributed by atoms with E-state index in [1.54, 1.807) is 0 Å². The Kier molecular flexibility index (Phi) is 3.13. The number of rotatable bonds is 2. The number of nitrogens with one attached hydrogen (secondary N) is 1. The molecule has 0 unspecified atom stereocenters. The lowest BCUT2D eigenvalue weighted by Crippen LogP contribution is -2.45. The van der Waals surface area contributed by atoms with E-state index in [0.29, 0.717) is 0 Å². The van der Waals surface area contributed by atoms with Gasteiger partial charge in [-0.15, -0.1) is 0 Å². The zero-order valence-electron chi connectivity index (χ0n) is 8.43. The highest BCUT2D eigenvalue weighted by Gasteiger charge is 2.30. The molecule has 1 rings (SSSR count). The van der Waals surface area contributed by atoms with E-state index in [1.807, 2.05) is 7.05 Å². The molecule has 0 aromatic rings. The van der Waals surface area contributed by atoms with E-state index in [2.05, 4.69) is 19.2 Å². The maximum Gasteiger partial charge on any atom is 0.0540 e. The van der Waals surface area contributed by atoms with Gasteiger partial charge in [0.2, 0.25) is 0 Å². The molecular formula is C10H21NO. The Bertz CT molecular complexity index is 137. The third-order valence-corrected chi connectivity index (χ3v) is 3.36. The zero-order chi connectivity index (χ0) is 9.19. The van der Waals surface area contributed by atoms with E-state index < -0.39 is 0 Å². The number of hydrogen-bond donors (Lipinski definition) is 2. The summed E-state index contributed by atoms with van der Waals surface area (Å²) in [6.45, 7) is 4.49. The van der Waals surface area contributed by atoms with Crippen LogP contribution in [0.1, 0.15) is 39.5 Å². The highest BCUT2D eigenvalue weighted by molar-refractivity contribution is 4.88. The molecule has 12 heavy (non-hydrogen) atoms. The normalized spacial score (nSPS) is 32.0. The van der Waals surface area contributed by atoms with Crippen molar-refractivity contribution in [2.24, 2.45) is 5.92 Å². The molecule has 0 spiro atoms. The minimum Gasteiger partial charge on any atom is -0.393 e. The van der Waals surface area contributed by atoms with Crippen molar-refractivity contribution < 1.29 is 5.11 Å². The summed E-state index contributed by atoms with van der Waals surface area (Å²) >= 11 is 0. The predicted octanol–water partition coefficient (Wildman–Crippen LogP) is 1.54. The molecule has 0 bridgehead atoms. The van der Waals surface area contributed by atoms with Crippen molar-refractivity contribution in [2.75, 3.05) is 7.05 Å². The monoisotopic (exact) mass is 171 g/mol. The lowest BCUT2D eigenvalue weighted by atomic mass is 9.76. The zero-order valence-corrected chi connectivity index (χ0v) is 8.43. The molecule has 0 radical (unpaired) electrons. The maximum absolute atomic E-state index is 9.34. The second kappa shape index (κ2) is 3.75. The minimum absolute atomic E-state index is 0.0334. The van der Waals surface area contributed by atoms with E-state index in [1.165, 1.54) is 0 Å². The number of aliphatic hydroxyl groups excluding tert-OH is 1. The van der Waals surface area contributed by atoms with E-state index >= 15 is 0 Å². The Labute approximate surface area is 75.4 Å². The average Bonchev–Trinajstić information content (AvgIpc) is 2.05. The smallest absolute Gasteiger partial charge is 0.0540 e. The van der Waals surface area contributed by atoms with E-state index in [-0.39, 0.29) is 11.6 Å². The van der Waals surface area contributed by atoms with Crippen LogP contribution in [-0.4, -0.2) is 23.8 Å². The highest BCUT2D eigenvalue weighted by atomic mass is 16.3. The molecule has 1 saturated carbocycles. The lowest BCUT2D eigenvalue weighted by molar-refractivity contribution is 0.0826. The highest BCUT2D eigenvalue weighted by Crippen LogP contribution is 2.32.